The highest BCUT2D eigenvalue weighted by Gasteiger charge is 2.39. The summed E-state index contributed by atoms with van der Waals surface area (Å²) in [4.78, 5) is 34.9. The molecule has 0 bridgehead atoms. The van der Waals surface area contributed by atoms with E-state index in [0.29, 0.717) is 12.1 Å². The Morgan fingerprint density at radius 3 is 2.63 bits per heavy atom. The van der Waals surface area contributed by atoms with Crippen molar-refractivity contribution in [3.8, 4) is 0 Å². The van der Waals surface area contributed by atoms with Crippen LogP contribution in [0.5, 0.6) is 0 Å². The molecular formula is C15H14F3N3O6. The summed E-state index contributed by atoms with van der Waals surface area (Å²) < 4.78 is 43.8. The van der Waals surface area contributed by atoms with Gasteiger partial charge in [-0.2, -0.15) is 13.2 Å². The maximum atomic E-state index is 13.1. The number of rotatable bonds is 6. The lowest BCUT2D eigenvalue weighted by atomic mass is 10.1. The topological polar surface area (TPSA) is 122 Å². The Hall–Kier alpha value is -3.15. The molecule has 1 aromatic carbocycles. The van der Waals surface area contributed by atoms with Crippen molar-refractivity contribution in [2.24, 2.45) is 0 Å². The third-order valence-electron chi connectivity index (χ3n) is 3.72. The van der Waals surface area contributed by atoms with Crippen molar-refractivity contribution in [2.75, 3.05) is 32.1 Å². The van der Waals surface area contributed by atoms with E-state index in [1.54, 1.807) is 0 Å². The zero-order chi connectivity index (χ0) is 20.4. The molecule has 0 aliphatic carbocycles. The van der Waals surface area contributed by atoms with Crippen LogP contribution >= 0.6 is 0 Å². The van der Waals surface area contributed by atoms with Crippen LogP contribution in [0.1, 0.15) is 5.56 Å². The van der Waals surface area contributed by atoms with Gasteiger partial charge in [0.1, 0.15) is 11.3 Å². The van der Waals surface area contributed by atoms with Crippen LogP contribution in [0.4, 0.5) is 24.5 Å². The molecule has 27 heavy (non-hydrogen) atoms. The minimum atomic E-state index is -5.00. The third kappa shape index (κ3) is 4.16. The summed E-state index contributed by atoms with van der Waals surface area (Å²) in [6, 6.07) is 2.10. The predicted octanol–water partition coefficient (Wildman–Crippen LogP) is 1.29. The van der Waals surface area contributed by atoms with Gasteiger partial charge < -0.3 is 20.1 Å². The summed E-state index contributed by atoms with van der Waals surface area (Å²) >= 11 is 0. The lowest BCUT2D eigenvalue weighted by Gasteiger charge is -2.15. The molecule has 1 heterocycles. The van der Waals surface area contributed by atoms with Gasteiger partial charge in [0.25, 0.3) is 11.6 Å². The molecule has 1 aliphatic heterocycles. The summed E-state index contributed by atoms with van der Waals surface area (Å²) in [6.07, 6.45) is -5.00. The second-order valence-corrected chi connectivity index (χ2v) is 5.41. The monoisotopic (exact) mass is 389 g/mol. The van der Waals surface area contributed by atoms with E-state index in [9.17, 15) is 32.9 Å². The molecular weight excluding hydrogens is 375 g/mol. The lowest BCUT2D eigenvalue weighted by molar-refractivity contribution is -0.388. The standard InChI is InChI=1S/C15H14F3N3O6/c1-27-14(24)9-7-20(4-5-22)13(23)12(9)19-8-2-3-11(21(25)26)10(6-8)15(16,17)18/h2-3,6,19,22H,4-5,7H2,1H3. The predicted molar refractivity (Wildman–Crippen MR) is 84.4 cm³/mol. The average molecular weight is 389 g/mol. The molecule has 0 saturated heterocycles. The maximum absolute atomic E-state index is 13.1. The fraction of sp³-hybridized carbons (Fsp3) is 0.333. The molecule has 2 rings (SSSR count). The minimum absolute atomic E-state index is 0.0986. The number of hydrogen-bond acceptors (Lipinski definition) is 7. The van der Waals surface area contributed by atoms with Crippen molar-refractivity contribution >= 4 is 23.3 Å². The second-order valence-electron chi connectivity index (χ2n) is 5.41. The van der Waals surface area contributed by atoms with Crippen LogP contribution in [-0.2, 0) is 20.5 Å². The molecule has 1 amide bonds. The summed E-state index contributed by atoms with van der Waals surface area (Å²) in [5.74, 6) is -1.60. The number of ether oxygens (including phenoxy) is 1. The third-order valence-corrected chi connectivity index (χ3v) is 3.72. The largest absolute Gasteiger partial charge is 0.466 e. The summed E-state index contributed by atoms with van der Waals surface area (Å²) in [5.41, 5.74) is -3.38. The van der Waals surface area contributed by atoms with Crippen LogP contribution in [0.25, 0.3) is 0 Å². The van der Waals surface area contributed by atoms with E-state index in [1.807, 2.05) is 0 Å². The maximum Gasteiger partial charge on any atom is 0.423 e. The number of carbonyl (C=O) groups excluding carboxylic acids is 2. The zero-order valence-electron chi connectivity index (χ0n) is 13.9. The van der Waals surface area contributed by atoms with Gasteiger partial charge in [0.05, 0.1) is 30.8 Å². The lowest BCUT2D eigenvalue weighted by Crippen LogP contribution is -2.31. The molecule has 146 valence electrons. The highest BCUT2D eigenvalue weighted by atomic mass is 19.4. The van der Waals surface area contributed by atoms with Crippen LogP contribution in [0.15, 0.2) is 29.5 Å². The zero-order valence-corrected chi connectivity index (χ0v) is 13.9. The molecule has 2 N–H and O–H groups in total. The first kappa shape index (κ1) is 20.2. The summed E-state index contributed by atoms with van der Waals surface area (Å²) in [7, 11) is 1.07. The van der Waals surface area contributed by atoms with E-state index < -0.39 is 34.2 Å². The number of amides is 1. The van der Waals surface area contributed by atoms with Crippen molar-refractivity contribution in [1.82, 2.24) is 4.90 Å². The Balaban J connectivity index is 2.45. The Labute approximate surface area is 150 Å². The van der Waals surface area contributed by atoms with E-state index in [4.69, 9.17) is 5.11 Å². The molecule has 1 aromatic rings. The number of halogens is 3. The van der Waals surface area contributed by atoms with Crippen LogP contribution in [0, 0.1) is 10.1 Å². The average Bonchev–Trinajstić information content (AvgIpc) is 2.90. The van der Waals surface area contributed by atoms with E-state index >= 15 is 0 Å². The van der Waals surface area contributed by atoms with Crippen molar-refractivity contribution in [3.05, 3.63) is 45.1 Å². The van der Waals surface area contributed by atoms with Gasteiger partial charge in [-0.05, 0) is 12.1 Å². The van der Waals surface area contributed by atoms with Gasteiger partial charge in [-0.1, -0.05) is 0 Å². The molecule has 0 radical (unpaired) electrons. The quantitative estimate of drug-likeness (QED) is 0.427. The highest BCUT2D eigenvalue weighted by molar-refractivity contribution is 6.08. The normalized spacial score (nSPS) is 14.6. The van der Waals surface area contributed by atoms with Crippen molar-refractivity contribution in [2.45, 2.75) is 6.18 Å². The molecule has 0 unspecified atom stereocenters. The number of benzene rings is 1. The van der Waals surface area contributed by atoms with E-state index in [2.05, 4.69) is 10.1 Å². The number of nitro groups is 1. The highest BCUT2D eigenvalue weighted by Crippen LogP contribution is 2.38. The van der Waals surface area contributed by atoms with Crippen LogP contribution in [0.2, 0.25) is 0 Å². The molecule has 0 saturated carbocycles. The first-order valence-corrected chi connectivity index (χ1v) is 7.44. The smallest absolute Gasteiger partial charge is 0.423 e. The van der Waals surface area contributed by atoms with Crippen LogP contribution < -0.4 is 5.32 Å². The number of esters is 1. The molecule has 0 spiro atoms. The van der Waals surface area contributed by atoms with Crippen molar-refractivity contribution in [3.63, 3.8) is 0 Å². The molecule has 0 atom stereocenters. The number of aliphatic hydroxyl groups is 1. The second kappa shape index (κ2) is 7.61. The van der Waals surface area contributed by atoms with Gasteiger partial charge in [-0.25, -0.2) is 4.79 Å². The Morgan fingerprint density at radius 1 is 1.44 bits per heavy atom. The van der Waals surface area contributed by atoms with Gasteiger partial charge in [0.2, 0.25) is 0 Å². The number of nitrogens with zero attached hydrogens (tertiary/aromatic N) is 2. The van der Waals surface area contributed by atoms with Gasteiger partial charge in [-0.3, -0.25) is 14.9 Å². The van der Waals surface area contributed by atoms with Crippen LogP contribution in [-0.4, -0.2) is 53.6 Å². The number of nitro benzene ring substituents is 1. The van der Waals surface area contributed by atoms with E-state index in [0.717, 1.165) is 18.1 Å². The number of aliphatic hydroxyl groups excluding tert-OH is 1. The van der Waals surface area contributed by atoms with Crippen molar-refractivity contribution < 1.29 is 37.5 Å². The first-order chi connectivity index (χ1) is 12.6. The Morgan fingerprint density at radius 2 is 2.11 bits per heavy atom. The number of methoxy groups -OCH3 is 1. The first-order valence-electron chi connectivity index (χ1n) is 7.44. The van der Waals surface area contributed by atoms with Crippen LogP contribution in [0.3, 0.4) is 0 Å². The van der Waals surface area contributed by atoms with Crippen molar-refractivity contribution in [1.29, 1.82) is 0 Å². The minimum Gasteiger partial charge on any atom is -0.466 e. The van der Waals surface area contributed by atoms with Gasteiger partial charge in [0, 0.05) is 18.3 Å². The van der Waals surface area contributed by atoms with Gasteiger partial charge >= 0.3 is 12.1 Å². The fourth-order valence-electron chi connectivity index (χ4n) is 2.49. The Bertz CT molecular complexity index is 822. The number of anilines is 1. The summed E-state index contributed by atoms with van der Waals surface area (Å²) in [6.45, 7) is -0.685. The van der Waals surface area contributed by atoms with Gasteiger partial charge in [0.15, 0.2) is 0 Å². The Kier molecular flexibility index (Phi) is 5.69. The number of alkyl halides is 3. The molecule has 0 aromatic heterocycles. The molecule has 9 nitrogen and oxygen atoms in total. The van der Waals surface area contributed by atoms with Gasteiger partial charge in [-0.15, -0.1) is 0 Å². The number of nitrogens with one attached hydrogen (secondary N) is 1. The molecule has 0 fully saturated rings. The number of carbonyl (C=O) groups is 2. The summed E-state index contributed by atoms with van der Waals surface area (Å²) in [5, 5.41) is 22.2. The molecule has 12 heteroatoms. The number of β-amino-alcohol motifs (C(OH)–C–C–N with tert-alkyl or cyclic N) is 1. The fourth-order valence-corrected chi connectivity index (χ4v) is 2.49. The van der Waals surface area contributed by atoms with E-state index in [1.165, 1.54) is 0 Å². The number of hydrogen-bond donors (Lipinski definition) is 2. The SMILES string of the molecule is COC(=O)C1=C(Nc2ccc([N+](=O)[O-])c(C(F)(F)F)c2)C(=O)N(CCO)C1. The van der Waals surface area contributed by atoms with E-state index in [-0.39, 0.29) is 36.7 Å². The molecule has 1 aliphatic rings.